The third kappa shape index (κ3) is 2.25. The molecule has 72 valence electrons. The molecular weight excluding hydrogens is 172 g/mol. The van der Waals surface area contributed by atoms with Gasteiger partial charge in [-0.2, -0.15) is 0 Å². The molecule has 1 nitrogen and oxygen atoms in total. The minimum absolute atomic E-state index is 0.414. The molecule has 0 amide bonds. The second-order valence-corrected chi connectivity index (χ2v) is 3.53. The van der Waals surface area contributed by atoms with E-state index in [9.17, 15) is 8.78 Å². The van der Waals surface area contributed by atoms with Crippen molar-refractivity contribution in [3.05, 3.63) is 35.4 Å². The first kappa shape index (κ1) is 10.1. The fourth-order valence-corrected chi connectivity index (χ4v) is 1.06. The van der Waals surface area contributed by atoms with Crippen molar-refractivity contribution in [2.75, 3.05) is 7.05 Å². The van der Waals surface area contributed by atoms with E-state index < -0.39 is 17.2 Å². The Balaban J connectivity index is 3.15. The highest BCUT2D eigenvalue weighted by atomic mass is 19.1. The van der Waals surface area contributed by atoms with E-state index in [-0.39, 0.29) is 0 Å². The van der Waals surface area contributed by atoms with Crippen LogP contribution in [0.3, 0.4) is 0 Å². The van der Waals surface area contributed by atoms with Crippen molar-refractivity contribution in [2.24, 2.45) is 0 Å². The molecule has 0 atom stereocenters. The fraction of sp³-hybridized carbons (Fsp3) is 0.400. The van der Waals surface area contributed by atoms with Gasteiger partial charge in [-0.05, 0) is 38.6 Å². The highest BCUT2D eigenvalue weighted by Gasteiger charge is 2.18. The van der Waals surface area contributed by atoms with E-state index in [4.69, 9.17) is 0 Å². The molecule has 1 aromatic carbocycles. The van der Waals surface area contributed by atoms with Crippen molar-refractivity contribution in [3.8, 4) is 0 Å². The van der Waals surface area contributed by atoms with Gasteiger partial charge in [-0.25, -0.2) is 8.78 Å². The van der Waals surface area contributed by atoms with Crippen LogP contribution in [0.1, 0.15) is 19.4 Å². The van der Waals surface area contributed by atoms with Crippen LogP contribution in [-0.2, 0) is 5.54 Å². The molecule has 0 aliphatic heterocycles. The highest BCUT2D eigenvalue weighted by molar-refractivity contribution is 5.24. The average molecular weight is 185 g/mol. The van der Waals surface area contributed by atoms with Gasteiger partial charge in [0.1, 0.15) is 11.6 Å². The van der Waals surface area contributed by atoms with Crippen LogP contribution < -0.4 is 5.32 Å². The summed E-state index contributed by atoms with van der Waals surface area (Å²) in [5.74, 6) is -1.09. The first-order valence-electron chi connectivity index (χ1n) is 4.11. The second-order valence-electron chi connectivity index (χ2n) is 3.53. The van der Waals surface area contributed by atoms with Gasteiger partial charge in [0.15, 0.2) is 0 Å². The lowest BCUT2D eigenvalue weighted by molar-refractivity contribution is 0.437. The molecule has 0 fully saturated rings. The molecule has 0 radical (unpaired) electrons. The molecule has 0 aliphatic rings. The standard InChI is InChI=1S/C10H13F2N/c1-10(2,13-3)7-4-8(11)6-9(12)5-7/h4-6,13H,1-3H3. The zero-order valence-corrected chi connectivity index (χ0v) is 7.99. The highest BCUT2D eigenvalue weighted by Crippen LogP contribution is 2.21. The zero-order chi connectivity index (χ0) is 10.1. The van der Waals surface area contributed by atoms with Crippen LogP contribution in [0.4, 0.5) is 8.78 Å². The van der Waals surface area contributed by atoms with Gasteiger partial charge in [-0.3, -0.25) is 0 Å². The van der Waals surface area contributed by atoms with E-state index in [1.165, 1.54) is 12.1 Å². The molecule has 0 aliphatic carbocycles. The summed E-state index contributed by atoms with van der Waals surface area (Å²) >= 11 is 0. The maximum absolute atomic E-state index is 12.8. The van der Waals surface area contributed by atoms with Crippen molar-refractivity contribution >= 4 is 0 Å². The summed E-state index contributed by atoms with van der Waals surface area (Å²) in [7, 11) is 1.75. The van der Waals surface area contributed by atoms with Crippen molar-refractivity contribution in [1.29, 1.82) is 0 Å². The summed E-state index contributed by atoms with van der Waals surface area (Å²) < 4.78 is 25.7. The molecule has 13 heavy (non-hydrogen) atoms. The van der Waals surface area contributed by atoms with Gasteiger partial charge in [0.2, 0.25) is 0 Å². The number of hydrogen-bond acceptors (Lipinski definition) is 1. The third-order valence-corrected chi connectivity index (χ3v) is 2.21. The topological polar surface area (TPSA) is 12.0 Å². The molecular formula is C10H13F2N. The van der Waals surface area contributed by atoms with E-state index >= 15 is 0 Å². The first-order chi connectivity index (χ1) is 5.95. The zero-order valence-electron chi connectivity index (χ0n) is 7.99. The second kappa shape index (κ2) is 3.42. The minimum atomic E-state index is -0.543. The van der Waals surface area contributed by atoms with Crippen LogP contribution in [0.15, 0.2) is 18.2 Å². The Morgan fingerprint density at radius 2 is 1.54 bits per heavy atom. The molecule has 0 heterocycles. The Hall–Kier alpha value is -0.960. The predicted molar refractivity (Wildman–Crippen MR) is 48.4 cm³/mol. The number of halogens is 2. The van der Waals surface area contributed by atoms with Crippen LogP contribution in [0, 0.1) is 11.6 Å². The van der Waals surface area contributed by atoms with Gasteiger partial charge in [-0.15, -0.1) is 0 Å². The maximum atomic E-state index is 12.8. The van der Waals surface area contributed by atoms with E-state index in [2.05, 4.69) is 5.32 Å². The van der Waals surface area contributed by atoms with Gasteiger partial charge in [0.25, 0.3) is 0 Å². The number of rotatable bonds is 2. The quantitative estimate of drug-likeness (QED) is 0.746. The Morgan fingerprint density at radius 1 is 1.08 bits per heavy atom. The van der Waals surface area contributed by atoms with E-state index in [1.807, 2.05) is 13.8 Å². The maximum Gasteiger partial charge on any atom is 0.126 e. The molecule has 1 N–H and O–H groups in total. The van der Waals surface area contributed by atoms with Crippen molar-refractivity contribution in [1.82, 2.24) is 5.32 Å². The van der Waals surface area contributed by atoms with Gasteiger partial charge in [-0.1, -0.05) is 0 Å². The van der Waals surface area contributed by atoms with Crippen molar-refractivity contribution in [3.63, 3.8) is 0 Å². The minimum Gasteiger partial charge on any atom is -0.311 e. The predicted octanol–water partition coefficient (Wildman–Crippen LogP) is 2.42. The molecule has 0 saturated heterocycles. The Morgan fingerprint density at radius 3 is 1.92 bits per heavy atom. The Bertz CT molecular complexity index is 288. The molecule has 1 aromatic rings. The van der Waals surface area contributed by atoms with Crippen LogP contribution in [-0.4, -0.2) is 7.05 Å². The third-order valence-electron chi connectivity index (χ3n) is 2.21. The largest absolute Gasteiger partial charge is 0.311 e. The lowest BCUT2D eigenvalue weighted by Crippen LogP contribution is -2.33. The number of hydrogen-bond donors (Lipinski definition) is 1. The molecule has 0 saturated carbocycles. The van der Waals surface area contributed by atoms with Gasteiger partial charge in [0.05, 0.1) is 0 Å². The lowest BCUT2D eigenvalue weighted by Gasteiger charge is -2.24. The Kier molecular flexibility index (Phi) is 2.66. The Labute approximate surface area is 76.8 Å². The monoisotopic (exact) mass is 185 g/mol. The number of nitrogens with one attached hydrogen (secondary N) is 1. The van der Waals surface area contributed by atoms with Crippen LogP contribution >= 0.6 is 0 Å². The van der Waals surface area contributed by atoms with Crippen LogP contribution in [0.25, 0.3) is 0 Å². The van der Waals surface area contributed by atoms with Crippen molar-refractivity contribution < 1.29 is 8.78 Å². The smallest absolute Gasteiger partial charge is 0.126 e. The normalized spacial score (nSPS) is 11.8. The van der Waals surface area contributed by atoms with E-state index in [1.54, 1.807) is 7.05 Å². The van der Waals surface area contributed by atoms with Crippen LogP contribution in [0.2, 0.25) is 0 Å². The molecule has 0 bridgehead atoms. The first-order valence-corrected chi connectivity index (χ1v) is 4.11. The summed E-state index contributed by atoms with van der Waals surface area (Å²) in [6.45, 7) is 3.72. The molecule has 3 heteroatoms. The summed E-state index contributed by atoms with van der Waals surface area (Å²) in [6, 6.07) is 3.54. The summed E-state index contributed by atoms with van der Waals surface area (Å²) in [4.78, 5) is 0. The average Bonchev–Trinajstić information content (AvgIpc) is 2.02. The molecule has 0 spiro atoms. The SMILES string of the molecule is CNC(C)(C)c1cc(F)cc(F)c1. The van der Waals surface area contributed by atoms with Gasteiger partial charge >= 0.3 is 0 Å². The van der Waals surface area contributed by atoms with E-state index in [0.29, 0.717) is 5.56 Å². The fourth-order valence-electron chi connectivity index (χ4n) is 1.06. The molecule has 1 rings (SSSR count). The van der Waals surface area contributed by atoms with Gasteiger partial charge in [0, 0.05) is 11.6 Å². The summed E-state index contributed by atoms with van der Waals surface area (Å²) in [6.07, 6.45) is 0. The van der Waals surface area contributed by atoms with Crippen molar-refractivity contribution in [2.45, 2.75) is 19.4 Å². The summed E-state index contributed by atoms with van der Waals surface area (Å²) in [5, 5.41) is 2.98. The summed E-state index contributed by atoms with van der Waals surface area (Å²) in [5.41, 5.74) is 0.190. The molecule has 0 aromatic heterocycles. The molecule has 0 unspecified atom stereocenters. The lowest BCUT2D eigenvalue weighted by atomic mass is 9.94. The van der Waals surface area contributed by atoms with Gasteiger partial charge < -0.3 is 5.32 Å². The number of benzene rings is 1. The van der Waals surface area contributed by atoms with Crippen LogP contribution in [0.5, 0.6) is 0 Å². The van der Waals surface area contributed by atoms with E-state index in [0.717, 1.165) is 6.07 Å².